The minimum atomic E-state index is -0.692. The molecule has 1 saturated heterocycles. The van der Waals surface area contributed by atoms with Crippen LogP contribution in [0.15, 0.2) is 0 Å². The lowest BCUT2D eigenvalue weighted by atomic mass is 10.1. The number of rotatable bonds is 1. The molecule has 1 aliphatic heterocycles. The van der Waals surface area contributed by atoms with E-state index in [1.165, 1.54) is 0 Å². The predicted molar refractivity (Wildman–Crippen MR) is 29.5 cm³/mol. The molecule has 1 rings (SSSR count). The maximum atomic E-state index is 10.4. The zero-order chi connectivity index (χ0) is 6.85. The summed E-state index contributed by atoms with van der Waals surface area (Å²) < 4.78 is 4.78. The first-order chi connectivity index (χ1) is 4.22. The number of ether oxygens (including phenoxy) is 1. The van der Waals surface area contributed by atoms with Crippen LogP contribution >= 0.6 is 0 Å². The van der Waals surface area contributed by atoms with Crippen molar-refractivity contribution < 1.29 is 14.6 Å². The topological polar surface area (TPSA) is 72.6 Å². The summed E-state index contributed by atoms with van der Waals surface area (Å²) in [7, 11) is 0. The summed E-state index contributed by atoms with van der Waals surface area (Å²) in [5.41, 5.74) is 4.91. The predicted octanol–water partition coefficient (Wildman–Crippen LogP) is -1.52. The molecule has 1 heterocycles. The molecule has 0 aromatic heterocycles. The van der Waals surface area contributed by atoms with E-state index in [9.17, 15) is 4.79 Å². The van der Waals surface area contributed by atoms with Crippen LogP contribution in [0.3, 0.4) is 0 Å². The summed E-state index contributed by atoms with van der Waals surface area (Å²) >= 11 is 0. The molecule has 4 heteroatoms. The molecule has 0 aromatic carbocycles. The largest absolute Gasteiger partial charge is 0.390 e. The highest BCUT2D eigenvalue weighted by Gasteiger charge is 2.30. The number of aliphatic hydroxyl groups is 1. The van der Waals surface area contributed by atoms with Crippen molar-refractivity contribution >= 4 is 5.91 Å². The van der Waals surface area contributed by atoms with E-state index in [4.69, 9.17) is 15.6 Å². The summed E-state index contributed by atoms with van der Waals surface area (Å²) in [6.45, 7) is 0.490. The number of hydrogen-bond acceptors (Lipinski definition) is 3. The highest BCUT2D eigenvalue weighted by molar-refractivity contribution is 5.77. The van der Waals surface area contributed by atoms with Gasteiger partial charge in [0.1, 0.15) is 0 Å². The first kappa shape index (κ1) is 6.51. The number of amides is 1. The lowest BCUT2D eigenvalue weighted by molar-refractivity contribution is -0.123. The number of hydrogen-bond donors (Lipinski definition) is 2. The van der Waals surface area contributed by atoms with Gasteiger partial charge in [-0.05, 0) is 0 Å². The molecular formula is C5H9NO3. The standard InChI is InChI=1S/C5H9NO3/c6-5(8)3-1-9-2-4(3)7/h3-4,7H,1-2H2,(H2,6,8). The summed E-state index contributed by atoms with van der Waals surface area (Å²) in [6, 6.07) is 0. The van der Waals surface area contributed by atoms with Crippen LogP contribution in [0.2, 0.25) is 0 Å². The Hall–Kier alpha value is -0.610. The average Bonchev–Trinajstić information content (AvgIpc) is 2.13. The van der Waals surface area contributed by atoms with Gasteiger partial charge >= 0.3 is 0 Å². The Balaban J connectivity index is 2.49. The smallest absolute Gasteiger partial charge is 0.225 e. The molecule has 0 bridgehead atoms. The molecule has 4 nitrogen and oxygen atoms in total. The number of nitrogens with two attached hydrogens (primary N) is 1. The van der Waals surface area contributed by atoms with Gasteiger partial charge in [0.05, 0.1) is 25.2 Å². The summed E-state index contributed by atoms with van der Waals surface area (Å²) in [5.74, 6) is -0.981. The van der Waals surface area contributed by atoms with Crippen LogP contribution in [0.4, 0.5) is 0 Å². The molecule has 2 unspecified atom stereocenters. The van der Waals surface area contributed by atoms with E-state index in [1.54, 1.807) is 0 Å². The summed E-state index contributed by atoms with van der Waals surface area (Å²) in [6.07, 6.45) is -0.692. The van der Waals surface area contributed by atoms with Gasteiger partial charge in [0.15, 0.2) is 0 Å². The molecule has 52 valence electrons. The van der Waals surface area contributed by atoms with E-state index in [-0.39, 0.29) is 13.2 Å². The van der Waals surface area contributed by atoms with Crippen LogP contribution in [-0.2, 0) is 9.53 Å². The fourth-order valence-electron chi connectivity index (χ4n) is 0.815. The van der Waals surface area contributed by atoms with Gasteiger partial charge in [0.25, 0.3) is 0 Å². The first-order valence-corrected chi connectivity index (χ1v) is 2.77. The van der Waals surface area contributed by atoms with E-state index in [0.29, 0.717) is 0 Å². The molecule has 1 aliphatic rings. The third kappa shape index (κ3) is 1.20. The minimum absolute atomic E-state index is 0.230. The van der Waals surface area contributed by atoms with Crippen molar-refractivity contribution in [2.24, 2.45) is 11.7 Å². The Morgan fingerprint density at radius 3 is 2.56 bits per heavy atom. The zero-order valence-corrected chi connectivity index (χ0v) is 4.91. The van der Waals surface area contributed by atoms with E-state index in [1.807, 2.05) is 0 Å². The van der Waals surface area contributed by atoms with Gasteiger partial charge in [-0.25, -0.2) is 0 Å². The minimum Gasteiger partial charge on any atom is -0.390 e. The average molecular weight is 131 g/mol. The molecule has 0 saturated carbocycles. The fraction of sp³-hybridized carbons (Fsp3) is 0.800. The molecule has 9 heavy (non-hydrogen) atoms. The van der Waals surface area contributed by atoms with Gasteiger partial charge in [0.2, 0.25) is 5.91 Å². The van der Waals surface area contributed by atoms with Gasteiger partial charge in [-0.2, -0.15) is 0 Å². The van der Waals surface area contributed by atoms with Crippen molar-refractivity contribution in [1.29, 1.82) is 0 Å². The molecule has 0 aromatic rings. The van der Waals surface area contributed by atoms with Crippen LogP contribution in [0, 0.1) is 5.92 Å². The van der Waals surface area contributed by atoms with Gasteiger partial charge < -0.3 is 15.6 Å². The quantitative estimate of drug-likeness (QED) is 0.454. The van der Waals surface area contributed by atoms with Gasteiger partial charge in [-0.3, -0.25) is 4.79 Å². The van der Waals surface area contributed by atoms with Crippen molar-refractivity contribution in [1.82, 2.24) is 0 Å². The second-order valence-corrected chi connectivity index (χ2v) is 2.11. The summed E-state index contributed by atoms with van der Waals surface area (Å²) in [4.78, 5) is 10.4. The Labute approximate surface area is 52.6 Å². The molecule has 2 atom stereocenters. The van der Waals surface area contributed by atoms with Gasteiger partial charge in [0, 0.05) is 0 Å². The Morgan fingerprint density at radius 1 is 1.67 bits per heavy atom. The number of carbonyl (C=O) groups is 1. The van der Waals surface area contributed by atoms with E-state index < -0.39 is 17.9 Å². The van der Waals surface area contributed by atoms with Crippen LogP contribution in [-0.4, -0.2) is 30.3 Å². The Morgan fingerprint density at radius 2 is 2.33 bits per heavy atom. The molecular weight excluding hydrogens is 122 g/mol. The van der Waals surface area contributed by atoms with Crippen LogP contribution in [0.5, 0.6) is 0 Å². The maximum Gasteiger partial charge on any atom is 0.225 e. The van der Waals surface area contributed by atoms with E-state index in [0.717, 1.165) is 0 Å². The van der Waals surface area contributed by atoms with Crippen molar-refractivity contribution in [3.05, 3.63) is 0 Å². The second kappa shape index (κ2) is 2.33. The van der Waals surface area contributed by atoms with Gasteiger partial charge in [-0.15, -0.1) is 0 Å². The highest BCUT2D eigenvalue weighted by Crippen LogP contribution is 2.11. The molecule has 0 radical (unpaired) electrons. The van der Waals surface area contributed by atoms with Crippen LogP contribution < -0.4 is 5.73 Å². The Kier molecular flexibility index (Phi) is 1.68. The zero-order valence-electron chi connectivity index (χ0n) is 4.91. The van der Waals surface area contributed by atoms with Crippen molar-refractivity contribution in [2.75, 3.05) is 13.2 Å². The molecule has 1 fully saturated rings. The summed E-state index contributed by atoms with van der Waals surface area (Å²) in [5, 5.41) is 8.93. The Bertz CT molecular complexity index is 125. The number of carbonyl (C=O) groups excluding carboxylic acids is 1. The molecule has 0 aliphatic carbocycles. The maximum absolute atomic E-state index is 10.4. The van der Waals surface area contributed by atoms with Crippen molar-refractivity contribution in [3.63, 3.8) is 0 Å². The molecule has 0 spiro atoms. The van der Waals surface area contributed by atoms with Crippen molar-refractivity contribution in [2.45, 2.75) is 6.10 Å². The monoisotopic (exact) mass is 131 g/mol. The number of primary amides is 1. The van der Waals surface area contributed by atoms with Crippen LogP contribution in [0.25, 0.3) is 0 Å². The van der Waals surface area contributed by atoms with E-state index in [2.05, 4.69) is 0 Å². The lowest BCUT2D eigenvalue weighted by Crippen LogP contribution is -2.31. The van der Waals surface area contributed by atoms with Crippen molar-refractivity contribution in [3.8, 4) is 0 Å². The second-order valence-electron chi connectivity index (χ2n) is 2.11. The number of aliphatic hydroxyl groups excluding tert-OH is 1. The van der Waals surface area contributed by atoms with Gasteiger partial charge in [-0.1, -0.05) is 0 Å². The SMILES string of the molecule is NC(=O)C1COCC1O. The lowest BCUT2D eigenvalue weighted by Gasteiger charge is -2.05. The third-order valence-electron chi connectivity index (χ3n) is 1.42. The molecule has 1 amide bonds. The van der Waals surface area contributed by atoms with Crippen LogP contribution in [0.1, 0.15) is 0 Å². The normalized spacial score (nSPS) is 34.8. The highest BCUT2D eigenvalue weighted by atomic mass is 16.5. The van der Waals surface area contributed by atoms with E-state index >= 15 is 0 Å². The molecule has 3 N–H and O–H groups in total. The third-order valence-corrected chi connectivity index (χ3v) is 1.42. The fourth-order valence-corrected chi connectivity index (χ4v) is 0.815. The first-order valence-electron chi connectivity index (χ1n) is 2.77.